The van der Waals surface area contributed by atoms with E-state index in [9.17, 15) is 19.5 Å². The zero-order valence-electron chi connectivity index (χ0n) is 31.3. The Bertz CT molecular complexity index is 1650. The fourth-order valence-electron chi connectivity index (χ4n) is 6.62. The monoisotopic (exact) mass is 815 g/mol. The summed E-state index contributed by atoms with van der Waals surface area (Å²) in [7, 11) is 1.51. The minimum Gasteiger partial charge on any atom is -0.461 e. The van der Waals surface area contributed by atoms with Crippen LogP contribution >= 0.6 is 15.9 Å². The fraction of sp³-hybridized carbons (Fsp3) is 0.525. The van der Waals surface area contributed by atoms with Crippen molar-refractivity contribution in [1.29, 1.82) is 0 Å². The maximum atomic E-state index is 13.6. The number of benzene rings is 2. The molecule has 0 saturated carbocycles. The number of aryl methyl sites for hydroxylation is 1. The number of rotatable bonds is 18. The van der Waals surface area contributed by atoms with Crippen LogP contribution in [0.15, 0.2) is 75.6 Å². The average molecular weight is 817 g/mol. The average Bonchev–Trinajstić information content (AvgIpc) is 3.75. The Hall–Kier alpha value is -3.63. The van der Waals surface area contributed by atoms with Crippen LogP contribution in [0.2, 0.25) is 0 Å². The number of imide groups is 1. The van der Waals surface area contributed by atoms with E-state index >= 15 is 0 Å². The third kappa shape index (κ3) is 10.4. The molecule has 8 unspecified atom stereocenters. The van der Waals surface area contributed by atoms with Crippen LogP contribution in [0.3, 0.4) is 0 Å². The van der Waals surface area contributed by atoms with Crippen molar-refractivity contribution in [1.82, 2.24) is 4.90 Å². The van der Waals surface area contributed by atoms with Crippen LogP contribution in [0.25, 0.3) is 0 Å². The lowest BCUT2D eigenvalue weighted by Crippen LogP contribution is -2.61. The molecule has 8 atom stereocenters. The summed E-state index contributed by atoms with van der Waals surface area (Å²) in [6.45, 7) is 7.23. The first-order chi connectivity index (χ1) is 26.0. The van der Waals surface area contributed by atoms with Gasteiger partial charge in [-0.15, -0.1) is 0 Å². The van der Waals surface area contributed by atoms with E-state index < -0.39 is 66.7 Å². The van der Waals surface area contributed by atoms with E-state index in [1.54, 1.807) is 13.0 Å². The Morgan fingerprint density at radius 2 is 1.57 bits per heavy atom. The number of aliphatic hydroxyl groups excluding tert-OH is 1. The van der Waals surface area contributed by atoms with Crippen LogP contribution < -0.4 is 0 Å². The number of carbonyl (C=O) groups is 3. The highest BCUT2D eigenvalue weighted by molar-refractivity contribution is 9.10. The van der Waals surface area contributed by atoms with Crippen molar-refractivity contribution >= 4 is 33.9 Å². The van der Waals surface area contributed by atoms with Gasteiger partial charge in [-0.05, 0) is 52.4 Å². The second-order valence-corrected chi connectivity index (χ2v) is 14.6. The van der Waals surface area contributed by atoms with E-state index in [1.165, 1.54) is 14.0 Å². The lowest BCUT2D eigenvalue weighted by atomic mass is 9.98. The predicted molar refractivity (Wildman–Crippen MR) is 198 cm³/mol. The minimum absolute atomic E-state index is 0.0276. The van der Waals surface area contributed by atoms with Gasteiger partial charge < -0.3 is 42.7 Å². The van der Waals surface area contributed by atoms with Gasteiger partial charge in [0.2, 0.25) is 5.91 Å². The largest absolute Gasteiger partial charge is 0.461 e. The third-order valence-electron chi connectivity index (χ3n) is 9.54. The summed E-state index contributed by atoms with van der Waals surface area (Å²) in [6.07, 6.45) is -4.56. The molecule has 2 fully saturated rings. The number of carbonyl (C=O) groups excluding carboxylic acids is 3. The number of amides is 2. The highest BCUT2D eigenvalue weighted by atomic mass is 79.9. The number of aliphatic hydroxyl groups is 1. The van der Waals surface area contributed by atoms with Gasteiger partial charge in [0.05, 0.1) is 36.3 Å². The van der Waals surface area contributed by atoms with Gasteiger partial charge in [-0.3, -0.25) is 9.59 Å². The first-order valence-electron chi connectivity index (χ1n) is 18.2. The number of hydrogen-bond donors (Lipinski definition) is 1. The second kappa shape index (κ2) is 19.8. The Morgan fingerprint density at radius 3 is 2.15 bits per heavy atom. The Morgan fingerprint density at radius 1 is 0.944 bits per heavy atom. The van der Waals surface area contributed by atoms with Crippen LogP contribution in [0.5, 0.6) is 0 Å². The van der Waals surface area contributed by atoms with E-state index in [0.717, 1.165) is 16.0 Å². The van der Waals surface area contributed by atoms with Gasteiger partial charge >= 0.3 is 12.1 Å². The quantitative estimate of drug-likeness (QED) is 0.116. The van der Waals surface area contributed by atoms with E-state index in [1.807, 2.05) is 74.5 Å². The van der Waals surface area contributed by atoms with Gasteiger partial charge in [0.15, 0.2) is 12.4 Å². The summed E-state index contributed by atoms with van der Waals surface area (Å²) in [5.41, 5.74) is 1.92. The summed E-state index contributed by atoms with van der Waals surface area (Å²) in [6, 6.07) is 20.7. The molecule has 2 aliphatic rings. The lowest BCUT2D eigenvalue weighted by molar-refractivity contribution is -0.319. The molecule has 3 aromatic rings. The van der Waals surface area contributed by atoms with E-state index in [4.69, 9.17) is 37.6 Å². The van der Waals surface area contributed by atoms with Gasteiger partial charge in [-0.2, -0.15) is 0 Å². The number of ether oxygens (including phenoxy) is 7. The van der Waals surface area contributed by atoms with Crippen molar-refractivity contribution in [3.63, 3.8) is 0 Å². The van der Waals surface area contributed by atoms with Crippen molar-refractivity contribution in [2.24, 2.45) is 11.8 Å². The van der Waals surface area contributed by atoms with Crippen molar-refractivity contribution in [3.8, 4) is 0 Å². The van der Waals surface area contributed by atoms with Gasteiger partial charge in [0.1, 0.15) is 42.5 Å². The van der Waals surface area contributed by atoms with Crippen LogP contribution in [0.1, 0.15) is 62.9 Å². The molecular formula is C40H50BrNO12. The highest BCUT2D eigenvalue weighted by Crippen LogP contribution is 2.36. The molecule has 14 heteroatoms. The Kier molecular flexibility index (Phi) is 15.2. The summed E-state index contributed by atoms with van der Waals surface area (Å²) in [5, 5.41) is 10.3. The normalized spacial score (nSPS) is 24.0. The molecular weight excluding hydrogens is 766 g/mol. The van der Waals surface area contributed by atoms with Crippen LogP contribution in [0, 0.1) is 11.8 Å². The number of furan rings is 1. The van der Waals surface area contributed by atoms with Gasteiger partial charge in [0, 0.05) is 27.1 Å². The Balaban J connectivity index is 1.28. The summed E-state index contributed by atoms with van der Waals surface area (Å²) >= 11 is 3.56. The van der Waals surface area contributed by atoms with E-state index in [-0.39, 0.29) is 44.7 Å². The van der Waals surface area contributed by atoms with Crippen LogP contribution in [0.4, 0.5) is 4.79 Å². The van der Waals surface area contributed by atoms with E-state index in [2.05, 4.69) is 15.9 Å². The molecule has 2 aliphatic heterocycles. The SMILES string of the molecule is COC1OC(CO)C(OCc2ccccc2)C(OCc2ccccc2)C1OCCCc1oc(C(OC(C)=O)C(C)C(=O)N2C(=O)OCC2C(C)C)cc1Br. The van der Waals surface area contributed by atoms with Crippen LogP contribution in [-0.4, -0.2) is 91.7 Å². The Labute approximate surface area is 324 Å². The molecule has 0 aliphatic carbocycles. The molecule has 2 amide bonds. The molecule has 294 valence electrons. The topological polar surface area (TPSA) is 152 Å². The van der Waals surface area contributed by atoms with Crippen molar-refractivity contribution < 1.29 is 57.1 Å². The molecule has 5 rings (SSSR count). The zero-order chi connectivity index (χ0) is 38.8. The molecule has 0 bridgehead atoms. The van der Waals surface area contributed by atoms with Crippen LogP contribution in [-0.2, 0) is 62.4 Å². The highest BCUT2D eigenvalue weighted by Gasteiger charge is 2.49. The van der Waals surface area contributed by atoms with Crippen molar-refractivity contribution in [2.75, 3.05) is 26.9 Å². The fourth-order valence-corrected chi connectivity index (χ4v) is 7.12. The molecule has 54 heavy (non-hydrogen) atoms. The molecule has 3 heterocycles. The number of methoxy groups -OCH3 is 1. The molecule has 1 N–H and O–H groups in total. The smallest absolute Gasteiger partial charge is 0.416 e. The molecule has 0 spiro atoms. The second-order valence-electron chi connectivity index (χ2n) is 13.8. The maximum absolute atomic E-state index is 13.6. The first-order valence-corrected chi connectivity index (χ1v) is 19.0. The molecule has 13 nitrogen and oxygen atoms in total. The zero-order valence-corrected chi connectivity index (χ0v) is 32.8. The van der Waals surface area contributed by atoms with E-state index in [0.29, 0.717) is 23.1 Å². The number of nitrogens with zero attached hydrogens (tertiary/aromatic N) is 1. The number of esters is 1. The number of hydrogen-bond acceptors (Lipinski definition) is 12. The molecule has 2 saturated heterocycles. The summed E-state index contributed by atoms with van der Waals surface area (Å²) < 4.78 is 48.8. The first kappa shape index (κ1) is 41.5. The molecule has 1 aromatic heterocycles. The molecule has 2 aromatic carbocycles. The van der Waals surface area contributed by atoms with Gasteiger partial charge in [0.25, 0.3) is 0 Å². The summed E-state index contributed by atoms with van der Waals surface area (Å²) in [5.74, 6) is -1.29. The predicted octanol–water partition coefficient (Wildman–Crippen LogP) is 6.14. The number of cyclic esters (lactones) is 1. The third-order valence-corrected chi connectivity index (χ3v) is 10.2. The van der Waals surface area contributed by atoms with Gasteiger partial charge in [-0.1, -0.05) is 74.5 Å². The van der Waals surface area contributed by atoms with Gasteiger partial charge in [-0.25, -0.2) is 9.69 Å². The van der Waals surface area contributed by atoms with Crippen molar-refractivity contribution in [2.45, 2.75) is 96.6 Å². The standard InChI is InChI=1S/C40H50BrNO12/c1-24(2)30-23-51-40(46)42(30)38(45)25(3)34(52-26(4)44)32-19-29(41)31(53-32)17-12-18-48-37-36(50-22-28-15-10-7-11-16-28)35(33(20-43)54-39(37)47-5)49-21-27-13-8-6-9-14-27/h6-11,13-16,19,24-25,30,33-37,39,43H,12,17-18,20-23H2,1-5H3. The summed E-state index contributed by atoms with van der Waals surface area (Å²) in [4.78, 5) is 39.4. The van der Waals surface area contributed by atoms with Crippen molar-refractivity contribution in [3.05, 3.63) is 93.9 Å². The lowest BCUT2D eigenvalue weighted by Gasteiger charge is -2.45. The number of halogens is 1. The minimum atomic E-state index is -1.09. The molecule has 0 radical (unpaired) electrons. The maximum Gasteiger partial charge on any atom is 0.416 e.